The molecule has 1 aliphatic rings. The van der Waals surface area contributed by atoms with Gasteiger partial charge in [-0.05, 0) is 18.4 Å². The van der Waals surface area contributed by atoms with Crippen molar-refractivity contribution in [1.29, 1.82) is 0 Å². The fourth-order valence-electron chi connectivity index (χ4n) is 2.28. The molecule has 1 aromatic heterocycles. The van der Waals surface area contributed by atoms with Crippen molar-refractivity contribution in [1.82, 2.24) is 9.55 Å². The van der Waals surface area contributed by atoms with E-state index in [1.165, 1.54) is 4.57 Å². The van der Waals surface area contributed by atoms with Crippen LogP contribution in [0.25, 0.3) is 0 Å². The number of nitrogens with two attached hydrogens (primary N) is 2. The molecule has 164 valence electrons. The van der Waals surface area contributed by atoms with E-state index in [2.05, 4.69) is 4.98 Å². The van der Waals surface area contributed by atoms with E-state index in [0.29, 0.717) is 0 Å². The summed E-state index contributed by atoms with van der Waals surface area (Å²) in [7, 11) is 0. The van der Waals surface area contributed by atoms with E-state index in [9.17, 15) is 9.59 Å². The number of nitrogens with zero attached hydrogens (tertiary/aromatic N) is 2. The van der Waals surface area contributed by atoms with Crippen molar-refractivity contribution in [3.8, 4) is 0 Å². The average molecular weight is 403 g/mol. The first-order chi connectivity index (χ1) is 13.2. The summed E-state index contributed by atoms with van der Waals surface area (Å²) in [6.45, 7) is 13.5. The number of anilines is 1. The Morgan fingerprint density at radius 1 is 1.36 bits per heavy atom. The number of aliphatic hydroxyl groups is 1. The molecule has 0 saturated carbocycles. The summed E-state index contributed by atoms with van der Waals surface area (Å²) in [6, 6.07) is 0.846. The average Bonchev–Trinajstić information content (AvgIpc) is 3.05. The largest absolute Gasteiger partial charge is 0.480 e. The minimum absolute atomic E-state index is 0.0208. The number of rotatable bonds is 4. The molecule has 0 aliphatic carbocycles. The van der Waals surface area contributed by atoms with Crippen molar-refractivity contribution in [2.24, 2.45) is 17.6 Å². The zero-order chi connectivity index (χ0) is 22.4. The fraction of sp³-hybridized carbons (Fsp3) is 0.737. The van der Waals surface area contributed by atoms with Crippen LogP contribution in [0.5, 0.6) is 0 Å². The van der Waals surface area contributed by atoms with Crippen LogP contribution in [0.2, 0.25) is 0 Å². The highest BCUT2D eigenvalue weighted by Crippen LogP contribution is 2.32. The summed E-state index contributed by atoms with van der Waals surface area (Å²) >= 11 is 0. The van der Waals surface area contributed by atoms with Crippen LogP contribution in [0, 0.1) is 11.8 Å². The first kappa shape index (κ1) is 28.2. The van der Waals surface area contributed by atoms with Crippen molar-refractivity contribution >= 4 is 11.8 Å². The number of carboxylic acid groups (broad SMARTS) is 1. The highest BCUT2D eigenvalue weighted by molar-refractivity contribution is 5.73. The van der Waals surface area contributed by atoms with Crippen LogP contribution in [-0.4, -0.2) is 44.5 Å². The van der Waals surface area contributed by atoms with Gasteiger partial charge in [-0.1, -0.05) is 48.5 Å². The van der Waals surface area contributed by atoms with E-state index in [1.807, 2.05) is 34.6 Å². The van der Waals surface area contributed by atoms with Crippen molar-refractivity contribution in [2.45, 2.75) is 73.3 Å². The molecule has 1 fully saturated rings. The number of aromatic nitrogens is 2. The molecule has 0 bridgehead atoms. The smallest absolute Gasteiger partial charge is 0.351 e. The van der Waals surface area contributed by atoms with Crippen LogP contribution < -0.4 is 17.2 Å². The van der Waals surface area contributed by atoms with Crippen molar-refractivity contribution in [3.05, 3.63) is 22.7 Å². The van der Waals surface area contributed by atoms with Gasteiger partial charge >= 0.3 is 11.7 Å². The summed E-state index contributed by atoms with van der Waals surface area (Å²) in [5.74, 6) is -0.543. The van der Waals surface area contributed by atoms with E-state index in [1.54, 1.807) is 26.1 Å². The molecule has 2 heterocycles. The molecular formula is C19H38N4O5. The third-order valence-electron chi connectivity index (χ3n) is 3.79. The van der Waals surface area contributed by atoms with Crippen LogP contribution >= 0.6 is 0 Å². The minimum Gasteiger partial charge on any atom is -0.480 e. The van der Waals surface area contributed by atoms with E-state index in [4.69, 9.17) is 26.4 Å². The highest BCUT2D eigenvalue weighted by atomic mass is 16.5. The molecule has 0 amide bonds. The van der Waals surface area contributed by atoms with Crippen LogP contribution in [0.1, 0.15) is 61.1 Å². The molecule has 0 aromatic carbocycles. The quantitative estimate of drug-likeness (QED) is 0.595. The van der Waals surface area contributed by atoms with E-state index in [-0.39, 0.29) is 36.6 Å². The van der Waals surface area contributed by atoms with E-state index < -0.39 is 17.7 Å². The molecule has 2 rings (SSSR count). The molecule has 9 nitrogen and oxygen atoms in total. The van der Waals surface area contributed by atoms with Crippen LogP contribution in [0.15, 0.2) is 17.1 Å². The zero-order valence-corrected chi connectivity index (χ0v) is 18.1. The Hall–Kier alpha value is -1.97. The predicted molar refractivity (Wildman–Crippen MR) is 111 cm³/mol. The molecule has 1 aromatic rings. The molecule has 4 atom stereocenters. The molecule has 6 N–H and O–H groups in total. The van der Waals surface area contributed by atoms with E-state index >= 15 is 0 Å². The molecule has 0 spiro atoms. The number of carboxylic acids is 1. The fourth-order valence-corrected chi connectivity index (χ4v) is 2.28. The van der Waals surface area contributed by atoms with Gasteiger partial charge in [0.2, 0.25) is 0 Å². The van der Waals surface area contributed by atoms with Crippen LogP contribution in [0.3, 0.4) is 0 Å². The Labute approximate surface area is 167 Å². The second-order valence-corrected chi connectivity index (χ2v) is 6.19. The molecule has 9 heteroatoms. The molecule has 1 saturated heterocycles. The predicted octanol–water partition coefficient (Wildman–Crippen LogP) is 1.85. The lowest BCUT2D eigenvalue weighted by Gasteiger charge is -2.17. The Bertz CT molecular complexity index is 606. The standard InChI is InChI=1S/C10H15N3O3.C5H11NO2.2C2H6/c1-6-4-7(5-14)16-9(6)13-3-2-8(11)12-10(13)15;1-3(2)4(6)5(7)8;2*1-2/h2-3,6-7,9,14H,4-5H2,1H3,(H2,11,12,15);3-4H,6H2,1-2H3,(H,7,8);2*1-2H3. The summed E-state index contributed by atoms with van der Waals surface area (Å²) in [4.78, 5) is 25.3. The van der Waals surface area contributed by atoms with Crippen molar-refractivity contribution in [2.75, 3.05) is 12.3 Å². The Morgan fingerprint density at radius 3 is 2.21 bits per heavy atom. The van der Waals surface area contributed by atoms with Gasteiger partial charge in [0.25, 0.3) is 0 Å². The van der Waals surface area contributed by atoms with Crippen molar-refractivity contribution < 1.29 is 19.7 Å². The van der Waals surface area contributed by atoms with Gasteiger partial charge in [0.1, 0.15) is 18.1 Å². The van der Waals surface area contributed by atoms with Gasteiger partial charge in [0, 0.05) is 12.1 Å². The Morgan fingerprint density at radius 2 is 1.89 bits per heavy atom. The normalized spacial score (nSPS) is 21.3. The Balaban J connectivity index is 0. The molecule has 1 aliphatic heterocycles. The lowest BCUT2D eigenvalue weighted by Crippen LogP contribution is -2.34. The molecule has 4 unspecified atom stereocenters. The summed E-state index contributed by atoms with van der Waals surface area (Å²) < 4.78 is 6.98. The maximum atomic E-state index is 11.6. The second kappa shape index (κ2) is 15.0. The molecule has 28 heavy (non-hydrogen) atoms. The number of nitrogen functional groups attached to an aromatic ring is 1. The third kappa shape index (κ3) is 9.29. The van der Waals surface area contributed by atoms with E-state index in [0.717, 1.165) is 6.42 Å². The second-order valence-electron chi connectivity index (χ2n) is 6.19. The van der Waals surface area contributed by atoms with Gasteiger partial charge in [-0.3, -0.25) is 9.36 Å². The SMILES string of the molecule is CC.CC.CC(C)C(N)C(=O)O.CC1CC(CO)OC1n1ccc(N)nc1=O. The number of hydrogen-bond acceptors (Lipinski definition) is 7. The molecule has 0 radical (unpaired) electrons. The first-order valence-electron chi connectivity index (χ1n) is 9.76. The van der Waals surface area contributed by atoms with Crippen LogP contribution in [-0.2, 0) is 9.53 Å². The highest BCUT2D eigenvalue weighted by Gasteiger charge is 2.33. The first-order valence-corrected chi connectivity index (χ1v) is 9.76. The van der Waals surface area contributed by atoms with Gasteiger partial charge in [-0.2, -0.15) is 4.98 Å². The van der Waals surface area contributed by atoms with Gasteiger partial charge in [0.05, 0.1) is 12.7 Å². The minimum atomic E-state index is -0.931. The topological polar surface area (TPSA) is 154 Å². The zero-order valence-electron chi connectivity index (χ0n) is 18.1. The number of ether oxygens (including phenoxy) is 1. The lowest BCUT2D eigenvalue weighted by atomic mass is 10.1. The number of hydrogen-bond donors (Lipinski definition) is 4. The summed E-state index contributed by atoms with van der Waals surface area (Å²) in [6.07, 6.45) is 1.74. The van der Waals surface area contributed by atoms with Gasteiger partial charge < -0.3 is 26.4 Å². The number of aliphatic carboxylic acids is 1. The monoisotopic (exact) mass is 402 g/mol. The number of carbonyl (C=O) groups is 1. The van der Waals surface area contributed by atoms with Gasteiger partial charge in [-0.15, -0.1) is 0 Å². The van der Waals surface area contributed by atoms with Crippen LogP contribution in [0.4, 0.5) is 5.82 Å². The third-order valence-corrected chi connectivity index (χ3v) is 3.79. The Kier molecular flexibility index (Phi) is 15.1. The van der Waals surface area contributed by atoms with Crippen molar-refractivity contribution in [3.63, 3.8) is 0 Å². The van der Waals surface area contributed by atoms with Gasteiger partial charge in [0.15, 0.2) is 0 Å². The number of aliphatic hydroxyl groups excluding tert-OH is 1. The van der Waals surface area contributed by atoms with Gasteiger partial charge in [-0.25, -0.2) is 4.79 Å². The maximum Gasteiger partial charge on any atom is 0.351 e. The molecular weight excluding hydrogens is 364 g/mol. The lowest BCUT2D eigenvalue weighted by molar-refractivity contribution is -0.139. The maximum absolute atomic E-state index is 11.6. The summed E-state index contributed by atoms with van der Waals surface area (Å²) in [5.41, 5.74) is 10.1. The summed E-state index contributed by atoms with van der Waals surface area (Å²) in [5, 5.41) is 17.2.